The molecule has 2 rings (SSSR count). The summed E-state index contributed by atoms with van der Waals surface area (Å²) in [6.45, 7) is 1.59. The molecule has 2 aliphatic rings. The van der Waals surface area contributed by atoms with Crippen LogP contribution in [0.3, 0.4) is 0 Å². The Morgan fingerprint density at radius 2 is 2.10 bits per heavy atom. The van der Waals surface area contributed by atoms with Gasteiger partial charge in [0.2, 0.25) is 5.91 Å². The van der Waals surface area contributed by atoms with E-state index in [1.165, 1.54) is 0 Å². The van der Waals surface area contributed by atoms with Gasteiger partial charge in [-0.15, -0.1) is 0 Å². The van der Waals surface area contributed by atoms with Gasteiger partial charge in [0, 0.05) is 13.0 Å². The number of nitrogens with one attached hydrogen (secondary N) is 1. The first-order valence-corrected chi connectivity index (χ1v) is 3.64. The molecule has 1 aliphatic heterocycles. The van der Waals surface area contributed by atoms with Crippen LogP contribution in [0.25, 0.3) is 0 Å². The fraction of sp³-hybridized carbons (Fsp3) is 0.857. The predicted molar refractivity (Wildman–Crippen MR) is 35.4 cm³/mol. The van der Waals surface area contributed by atoms with Gasteiger partial charge in [0.15, 0.2) is 0 Å². The Kier molecular flexibility index (Phi) is 1.20. The second-order valence-electron chi connectivity index (χ2n) is 3.01. The number of hydrogen-bond donors (Lipinski definition) is 1. The largest absolute Gasteiger partial charge is 0.381 e. The Balaban J connectivity index is 1.94. The molecule has 0 radical (unpaired) electrons. The fourth-order valence-corrected chi connectivity index (χ4v) is 1.80. The van der Waals surface area contributed by atoms with E-state index < -0.39 is 0 Å². The molecule has 1 saturated carbocycles. The normalized spacial score (nSPS) is 42.7. The Hall–Kier alpha value is -0.570. The quantitative estimate of drug-likeness (QED) is 0.541. The molecule has 0 aromatic carbocycles. The van der Waals surface area contributed by atoms with Crippen LogP contribution in [0, 0.1) is 17.8 Å². The zero-order valence-electron chi connectivity index (χ0n) is 5.96. The van der Waals surface area contributed by atoms with Gasteiger partial charge in [-0.1, -0.05) is 0 Å². The first-order valence-electron chi connectivity index (χ1n) is 3.64. The van der Waals surface area contributed by atoms with Gasteiger partial charge in [-0.2, -0.15) is 0 Å². The SMILES string of the molecule is CNC(=O)C1[C@H]2COC[C@@H]12. The highest BCUT2D eigenvalue weighted by atomic mass is 16.5. The number of rotatable bonds is 1. The maximum absolute atomic E-state index is 11.0. The standard InChI is InChI=1S/C7H11NO2/c1-8-7(9)6-4-2-10-3-5(4)6/h4-6H,2-3H2,1H3,(H,8,9)/t4-,5+,6?. The van der Waals surface area contributed by atoms with Crippen molar-refractivity contribution in [3.8, 4) is 0 Å². The van der Waals surface area contributed by atoms with Crippen LogP contribution >= 0.6 is 0 Å². The summed E-state index contributed by atoms with van der Waals surface area (Å²) in [6, 6.07) is 0. The summed E-state index contributed by atoms with van der Waals surface area (Å²) in [4.78, 5) is 11.0. The third kappa shape index (κ3) is 0.669. The van der Waals surface area contributed by atoms with Crippen molar-refractivity contribution in [3.05, 3.63) is 0 Å². The summed E-state index contributed by atoms with van der Waals surface area (Å²) in [5.41, 5.74) is 0. The highest BCUT2D eigenvalue weighted by Gasteiger charge is 2.57. The average Bonchev–Trinajstić information content (AvgIpc) is 2.43. The van der Waals surface area contributed by atoms with E-state index in [1.807, 2.05) is 0 Å². The van der Waals surface area contributed by atoms with Crippen LogP contribution in [-0.2, 0) is 9.53 Å². The van der Waals surface area contributed by atoms with Crippen LogP contribution in [0.15, 0.2) is 0 Å². The highest BCUT2D eigenvalue weighted by Crippen LogP contribution is 2.50. The summed E-state index contributed by atoms with van der Waals surface area (Å²) in [7, 11) is 1.69. The molecule has 10 heavy (non-hydrogen) atoms. The lowest BCUT2D eigenvalue weighted by molar-refractivity contribution is -0.123. The molecule has 0 aromatic heterocycles. The average molecular weight is 141 g/mol. The zero-order valence-corrected chi connectivity index (χ0v) is 5.96. The van der Waals surface area contributed by atoms with Crippen LogP contribution < -0.4 is 5.32 Å². The topological polar surface area (TPSA) is 38.3 Å². The Bertz CT molecular complexity index is 159. The van der Waals surface area contributed by atoms with Crippen LogP contribution in [0.2, 0.25) is 0 Å². The van der Waals surface area contributed by atoms with Gasteiger partial charge in [-0.25, -0.2) is 0 Å². The third-order valence-corrected chi connectivity index (χ3v) is 2.50. The summed E-state index contributed by atoms with van der Waals surface area (Å²) in [5.74, 6) is 1.55. The van der Waals surface area contributed by atoms with Crippen LogP contribution in [0.4, 0.5) is 0 Å². The minimum absolute atomic E-state index is 0.193. The molecule has 3 heteroatoms. The van der Waals surface area contributed by atoms with E-state index in [0.29, 0.717) is 11.8 Å². The Labute approximate surface area is 59.7 Å². The first-order chi connectivity index (χ1) is 4.84. The van der Waals surface area contributed by atoms with Crippen molar-refractivity contribution in [1.82, 2.24) is 5.32 Å². The molecular weight excluding hydrogens is 130 g/mol. The number of fused-ring (bicyclic) bond motifs is 1. The van der Waals surface area contributed by atoms with E-state index in [-0.39, 0.29) is 11.8 Å². The van der Waals surface area contributed by atoms with Crippen molar-refractivity contribution >= 4 is 5.91 Å². The maximum Gasteiger partial charge on any atom is 0.223 e. The molecule has 0 spiro atoms. The van der Waals surface area contributed by atoms with Crippen molar-refractivity contribution < 1.29 is 9.53 Å². The minimum atomic E-state index is 0.193. The lowest BCUT2D eigenvalue weighted by atomic mass is 10.3. The highest BCUT2D eigenvalue weighted by molar-refractivity contribution is 5.82. The van der Waals surface area contributed by atoms with E-state index in [2.05, 4.69) is 5.32 Å². The lowest BCUT2D eigenvalue weighted by Crippen LogP contribution is -2.23. The molecule has 2 fully saturated rings. The number of hydrogen-bond acceptors (Lipinski definition) is 2. The summed E-state index contributed by atoms with van der Waals surface area (Å²) < 4.78 is 5.15. The van der Waals surface area contributed by atoms with Gasteiger partial charge >= 0.3 is 0 Å². The lowest BCUT2D eigenvalue weighted by Gasteiger charge is -2.00. The minimum Gasteiger partial charge on any atom is -0.381 e. The van der Waals surface area contributed by atoms with Gasteiger partial charge in [-0.05, 0) is 11.8 Å². The molecule has 3 atom stereocenters. The monoisotopic (exact) mass is 141 g/mol. The van der Waals surface area contributed by atoms with Crippen LogP contribution in [-0.4, -0.2) is 26.2 Å². The smallest absolute Gasteiger partial charge is 0.223 e. The van der Waals surface area contributed by atoms with Gasteiger partial charge < -0.3 is 10.1 Å². The summed E-state index contributed by atoms with van der Waals surface area (Å²) in [5, 5.41) is 2.66. The molecule has 0 aromatic rings. The van der Waals surface area contributed by atoms with Gasteiger partial charge in [0.25, 0.3) is 0 Å². The second-order valence-corrected chi connectivity index (χ2v) is 3.01. The zero-order chi connectivity index (χ0) is 7.14. The van der Waals surface area contributed by atoms with Crippen molar-refractivity contribution in [2.75, 3.05) is 20.3 Å². The van der Waals surface area contributed by atoms with Crippen LogP contribution in [0.5, 0.6) is 0 Å². The summed E-state index contributed by atoms with van der Waals surface area (Å²) in [6.07, 6.45) is 0. The fourth-order valence-electron chi connectivity index (χ4n) is 1.80. The molecule has 1 saturated heterocycles. The number of carbonyl (C=O) groups is 1. The molecule has 1 unspecified atom stereocenters. The van der Waals surface area contributed by atoms with Gasteiger partial charge in [0.1, 0.15) is 0 Å². The van der Waals surface area contributed by atoms with E-state index in [4.69, 9.17) is 4.74 Å². The van der Waals surface area contributed by atoms with E-state index in [1.54, 1.807) is 7.05 Å². The van der Waals surface area contributed by atoms with Gasteiger partial charge in [0.05, 0.1) is 13.2 Å². The molecule has 3 nitrogen and oxygen atoms in total. The van der Waals surface area contributed by atoms with Crippen molar-refractivity contribution in [1.29, 1.82) is 0 Å². The Morgan fingerprint density at radius 1 is 1.50 bits per heavy atom. The molecule has 1 amide bonds. The van der Waals surface area contributed by atoms with Crippen molar-refractivity contribution in [2.24, 2.45) is 17.8 Å². The maximum atomic E-state index is 11.0. The van der Waals surface area contributed by atoms with Crippen molar-refractivity contribution in [3.63, 3.8) is 0 Å². The number of carbonyl (C=O) groups excluding carboxylic acids is 1. The molecule has 1 N–H and O–H groups in total. The molecular formula is C7H11NO2. The van der Waals surface area contributed by atoms with Gasteiger partial charge in [-0.3, -0.25) is 4.79 Å². The molecule has 56 valence electrons. The second kappa shape index (κ2) is 1.95. The molecule has 1 heterocycles. The summed E-state index contributed by atoms with van der Waals surface area (Å²) >= 11 is 0. The van der Waals surface area contributed by atoms with E-state index in [9.17, 15) is 4.79 Å². The Morgan fingerprint density at radius 3 is 2.60 bits per heavy atom. The third-order valence-electron chi connectivity index (χ3n) is 2.50. The van der Waals surface area contributed by atoms with Crippen molar-refractivity contribution in [2.45, 2.75) is 0 Å². The number of ether oxygens (including phenoxy) is 1. The van der Waals surface area contributed by atoms with E-state index in [0.717, 1.165) is 13.2 Å². The predicted octanol–water partition coefficient (Wildman–Crippen LogP) is -0.375. The van der Waals surface area contributed by atoms with Crippen LogP contribution in [0.1, 0.15) is 0 Å². The number of amides is 1. The molecule has 1 aliphatic carbocycles. The van der Waals surface area contributed by atoms with E-state index >= 15 is 0 Å². The molecule has 0 bridgehead atoms. The first kappa shape index (κ1) is 6.16.